The summed E-state index contributed by atoms with van der Waals surface area (Å²) in [5.74, 6) is 2.13. The number of anilines is 1. The fourth-order valence-corrected chi connectivity index (χ4v) is 1.08. The van der Waals surface area contributed by atoms with Crippen LogP contribution in [0.15, 0.2) is 0 Å². The Bertz CT molecular complexity index is 453. The number of aryl methyl sites for hydroxylation is 1. The average Bonchev–Trinajstić information content (AvgIpc) is 2.16. The van der Waals surface area contributed by atoms with E-state index in [1.807, 2.05) is 0 Å². The van der Waals surface area contributed by atoms with Gasteiger partial charge in [0.1, 0.15) is 12.3 Å². The second-order valence-corrected chi connectivity index (χ2v) is 2.88. The Kier molecular flexibility index (Phi) is 3.61. The molecule has 0 aliphatic heterocycles. The van der Waals surface area contributed by atoms with E-state index in [0.29, 0.717) is 6.42 Å². The van der Waals surface area contributed by atoms with Gasteiger partial charge in [0.05, 0.1) is 4.92 Å². The van der Waals surface area contributed by atoms with Crippen molar-refractivity contribution in [2.75, 3.05) is 12.3 Å². The molecule has 0 spiro atoms. The van der Waals surface area contributed by atoms with Crippen LogP contribution in [-0.4, -0.2) is 21.5 Å². The molecule has 0 saturated heterocycles. The quantitative estimate of drug-likeness (QED) is 0.347. The first-order valence-electron chi connectivity index (χ1n) is 4.41. The van der Waals surface area contributed by atoms with Crippen molar-refractivity contribution >= 4 is 11.6 Å². The van der Waals surface area contributed by atoms with E-state index in [1.54, 1.807) is 0 Å². The lowest BCUT2D eigenvalue weighted by Crippen LogP contribution is -2.07. The summed E-state index contributed by atoms with van der Waals surface area (Å²) in [6.07, 6.45) is 5.36. The van der Waals surface area contributed by atoms with Crippen molar-refractivity contribution in [3.63, 3.8) is 0 Å². The van der Waals surface area contributed by atoms with Crippen LogP contribution in [0, 0.1) is 29.4 Å². The zero-order valence-corrected chi connectivity index (χ0v) is 8.64. The molecular weight excluding hydrogens is 212 g/mol. The van der Waals surface area contributed by atoms with Crippen LogP contribution in [0.2, 0.25) is 0 Å². The monoisotopic (exact) mass is 222 g/mol. The van der Waals surface area contributed by atoms with E-state index in [9.17, 15) is 10.1 Å². The number of aromatic nitrogens is 2. The summed E-state index contributed by atoms with van der Waals surface area (Å²) in [4.78, 5) is 17.5. The summed E-state index contributed by atoms with van der Waals surface area (Å²) in [5.41, 5.74) is 5.24. The van der Waals surface area contributed by atoms with E-state index < -0.39 is 4.92 Å². The van der Waals surface area contributed by atoms with Gasteiger partial charge in [0, 0.05) is 6.42 Å². The second kappa shape index (κ2) is 4.93. The van der Waals surface area contributed by atoms with Crippen LogP contribution in [0.5, 0.6) is 5.88 Å². The van der Waals surface area contributed by atoms with Crippen molar-refractivity contribution in [2.45, 2.75) is 13.3 Å². The maximum atomic E-state index is 10.8. The molecule has 1 rings (SSSR count). The van der Waals surface area contributed by atoms with Crippen LogP contribution < -0.4 is 10.5 Å². The van der Waals surface area contributed by atoms with Gasteiger partial charge in [-0.05, 0) is 6.92 Å². The fourth-order valence-electron chi connectivity index (χ4n) is 1.08. The van der Waals surface area contributed by atoms with Crippen molar-refractivity contribution in [1.29, 1.82) is 0 Å². The third-order valence-corrected chi connectivity index (χ3v) is 1.71. The fraction of sp³-hybridized carbons (Fsp3) is 0.333. The minimum absolute atomic E-state index is 0.0705. The zero-order chi connectivity index (χ0) is 12.1. The lowest BCUT2D eigenvalue weighted by molar-refractivity contribution is -0.387. The molecule has 0 saturated carbocycles. The smallest absolute Gasteiger partial charge is 0.352 e. The molecule has 2 N–H and O–H groups in total. The van der Waals surface area contributed by atoms with Crippen molar-refractivity contribution < 1.29 is 9.66 Å². The molecule has 0 aliphatic rings. The molecule has 0 fully saturated rings. The first kappa shape index (κ1) is 11.7. The van der Waals surface area contributed by atoms with E-state index in [1.165, 1.54) is 6.92 Å². The van der Waals surface area contributed by atoms with Gasteiger partial charge in [-0.15, -0.1) is 12.3 Å². The molecule has 1 aromatic rings. The summed E-state index contributed by atoms with van der Waals surface area (Å²) in [7, 11) is 0. The normalized spacial score (nSPS) is 9.50. The number of nitro groups is 1. The number of nitrogens with two attached hydrogens (primary N) is 1. The third kappa shape index (κ3) is 2.57. The number of rotatable bonds is 4. The zero-order valence-electron chi connectivity index (χ0n) is 8.64. The van der Waals surface area contributed by atoms with E-state index >= 15 is 0 Å². The standard InChI is InChI=1S/C9H10N4O3/c1-3-4-5-16-8-7(13(14)15)6(2)11-9(10)12-8/h1H,4-5H2,2H3,(H2,10,11,12). The number of ether oxygens (including phenoxy) is 1. The van der Waals surface area contributed by atoms with Gasteiger partial charge >= 0.3 is 5.69 Å². The van der Waals surface area contributed by atoms with Crippen LogP contribution in [-0.2, 0) is 0 Å². The summed E-state index contributed by atoms with van der Waals surface area (Å²) in [5, 5.41) is 10.8. The number of hydrogen-bond donors (Lipinski definition) is 1. The number of terminal acetylenes is 1. The molecule has 7 heteroatoms. The largest absolute Gasteiger partial charge is 0.472 e. The molecule has 0 unspecified atom stereocenters. The van der Waals surface area contributed by atoms with Crippen molar-refractivity contribution in [3.05, 3.63) is 15.8 Å². The van der Waals surface area contributed by atoms with Gasteiger partial charge in [-0.3, -0.25) is 10.1 Å². The van der Waals surface area contributed by atoms with Crippen molar-refractivity contribution in [1.82, 2.24) is 9.97 Å². The molecule has 0 aromatic carbocycles. The SMILES string of the molecule is C#CCCOc1nc(N)nc(C)c1[N+](=O)[O-]. The first-order valence-corrected chi connectivity index (χ1v) is 4.41. The van der Waals surface area contributed by atoms with Crippen molar-refractivity contribution in [2.24, 2.45) is 0 Å². The Balaban J connectivity index is 3.05. The molecule has 0 amide bonds. The topological polar surface area (TPSA) is 104 Å². The highest BCUT2D eigenvalue weighted by atomic mass is 16.6. The highest BCUT2D eigenvalue weighted by Gasteiger charge is 2.22. The van der Waals surface area contributed by atoms with E-state index in [-0.39, 0.29) is 29.8 Å². The molecule has 84 valence electrons. The number of hydrogen-bond acceptors (Lipinski definition) is 6. The van der Waals surface area contributed by atoms with Crippen LogP contribution in [0.4, 0.5) is 11.6 Å². The Labute approximate surface area is 91.8 Å². The summed E-state index contributed by atoms with van der Waals surface area (Å²) in [6.45, 7) is 1.61. The maximum Gasteiger partial charge on any atom is 0.352 e. The lowest BCUT2D eigenvalue weighted by Gasteiger charge is -2.05. The van der Waals surface area contributed by atoms with Crippen molar-refractivity contribution in [3.8, 4) is 18.2 Å². The highest BCUT2D eigenvalue weighted by Crippen LogP contribution is 2.27. The predicted octanol–water partition coefficient (Wildman–Crippen LogP) is 0.678. The molecule has 0 bridgehead atoms. The van der Waals surface area contributed by atoms with E-state index in [0.717, 1.165) is 0 Å². The molecule has 1 heterocycles. The Hall–Kier alpha value is -2.36. The van der Waals surface area contributed by atoms with Gasteiger partial charge in [-0.25, -0.2) is 4.98 Å². The van der Waals surface area contributed by atoms with Gasteiger partial charge in [0.25, 0.3) is 5.88 Å². The van der Waals surface area contributed by atoms with Gasteiger partial charge in [-0.2, -0.15) is 4.98 Å². The highest BCUT2D eigenvalue weighted by molar-refractivity contribution is 5.47. The van der Waals surface area contributed by atoms with Crippen LogP contribution >= 0.6 is 0 Å². The summed E-state index contributed by atoms with van der Waals surface area (Å²) < 4.78 is 5.09. The molecule has 16 heavy (non-hydrogen) atoms. The Morgan fingerprint density at radius 3 is 2.88 bits per heavy atom. The number of nitrogens with zero attached hydrogens (tertiary/aromatic N) is 3. The summed E-state index contributed by atoms with van der Waals surface area (Å²) in [6, 6.07) is 0. The van der Waals surface area contributed by atoms with Crippen LogP contribution in [0.1, 0.15) is 12.1 Å². The van der Waals surface area contributed by atoms with E-state index in [4.69, 9.17) is 16.9 Å². The molecule has 0 atom stereocenters. The minimum Gasteiger partial charge on any atom is -0.472 e. The molecule has 0 aliphatic carbocycles. The summed E-state index contributed by atoms with van der Waals surface area (Å²) >= 11 is 0. The van der Waals surface area contributed by atoms with Gasteiger partial charge < -0.3 is 10.5 Å². The molecule has 0 radical (unpaired) electrons. The lowest BCUT2D eigenvalue weighted by atomic mass is 10.3. The Morgan fingerprint density at radius 2 is 2.31 bits per heavy atom. The number of nitrogen functional groups attached to an aromatic ring is 1. The molecular formula is C9H10N4O3. The van der Waals surface area contributed by atoms with Crippen LogP contribution in [0.25, 0.3) is 0 Å². The third-order valence-electron chi connectivity index (χ3n) is 1.71. The van der Waals surface area contributed by atoms with Crippen LogP contribution in [0.3, 0.4) is 0 Å². The predicted molar refractivity (Wildman–Crippen MR) is 56.8 cm³/mol. The molecule has 1 aromatic heterocycles. The van der Waals surface area contributed by atoms with Gasteiger partial charge in [0.2, 0.25) is 5.95 Å². The van der Waals surface area contributed by atoms with E-state index in [2.05, 4.69) is 15.9 Å². The van der Waals surface area contributed by atoms with Gasteiger partial charge in [0.15, 0.2) is 0 Å². The maximum absolute atomic E-state index is 10.8. The average molecular weight is 222 g/mol. The first-order chi connectivity index (χ1) is 7.56. The second-order valence-electron chi connectivity index (χ2n) is 2.88. The minimum atomic E-state index is -0.611. The van der Waals surface area contributed by atoms with Gasteiger partial charge in [-0.1, -0.05) is 0 Å². The Morgan fingerprint density at radius 1 is 1.62 bits per heavy atom. The molecule has 7 nitrogen and oxygen atoms in total.